The van der Waals surface area contributed by atoms with Gasteiger partial charge in [0.15, 0.2) is 0 Å². The van der Waals surface area contributed by atoms with Crippen LogP contribution in [0.1, 0.15) is 28.5 Å². The molecule has 1 N–H and O–H groups in total. The minimum absolute atomic E-state index is 0.149. The first-order valence-electron chi connectivity index (χ1n) is 8.24. The van der Waals surface area contributed by atoms with Gasteiger partial charge in [0.25, 0.3) is 0 Å². The zero-order chi connectivity index (χ0) is 19.1. The van der Waals surface area contributed by atoms with Crippen molar-refractivity contribution in [3.8, 4) is 23.6 Å². The second-order valence-corrected chi connectivity index (χ2v) is 5.80. The summed E-state index contributed by atoms with van der Waals surface area (Å²) in [5.74, 6) is 0.692. The number of hydrogen-bond donors (Lipinski definition) is 1. The van der Waals surface area contributed by atoms with Crippen LogP contribution in [0, 0.1) is 22.7 Å². The molecule has 27 heavy (non-hydrogen) atoms. The molecule has 1 atom stereocenters. The van der Waals surface area contributed by atoms with Gasteiger partial charge in [-0.25, -0.2) is 0 Å². The smallest absolute Gasteiger partial charge is 0.227 e. The number of nitrogens with zero attached hydrogens (tertiary/aromatic N) is 2. The third kappa shape index (κ3) is 4.85. The standard InChI is InChI=1S/C22H16N2O3/c23-13-16-1-3-18(4-2-16)15-26-22(19-7-5-17(14-24)6-8-19)27-21-11-9-20(25)10-12-21/h1-12,22,25H,15H2. The van der Waals surface area contributed by atoms with Gasteiger partial charge in [-0.05, 0) is 54.1 Å². The Morgan fingerprint density at radius 1 is 0.778 bits per heavy atom. The van der Waals surface area contributed by atoms with Crippen LogP contribution in [0.25, 0.3) is 0 Å². The molecule has 0 aromatic heterocycles. The predicted molar refractivity (Wildman–Crippen MR) is 98.6 cm³/mol. The molecule has 0 amide bonds. The minimum atomic E-state index is -0.696. The van der Waals surface area contributed by atoms with Crippen LogP contribution >= 0.6 is 0 Å². The van der Waals surface area contributed by atoms with Crippen LogP contribution in [-0.4, -0.2) is 5.11 Å². The number of ether oxygens (including phenoxy) is 2. The molecule has 0 aliphatic rings. The highest BCUT2D eigenvalue weighted by Gasteiger charge is 2.15. The number of nitriles is 2. The molecule has 132 valence electrons. The first-order valence-corrected chi connectivity index (χ1v) is 8.24. The Labute approximate surface area is 157 Å². The molecular weight excluding hydrogens is 340 g/mol. The molecule has 0 saturated carbocycles. The average molecular weight is 356 g/mol. The summed E-state index contributed by atoms with van der Waals surface area (Å²) in [6.45, 7) is 0.286. The van der Waals surface area contributed by atoms with E-state index in [1.165, 1.54) is 12.1 Å². The molecule has 0 aliphatic carbocycles. The predicted octanol–water partition coefficient (Wildman–Crippen LogP) is 4.43. The van der Waals surface area contributed by atoms with E-state index >= 15 is 0 Å². The van der Waals surface area contributed by atoms with E-state index in [1.54, 1.807) is 48.5 Å². The van der Waals surface area contributed by atoms with Crippen LogP contribution in [0.3, 0.4) is 0 Å². The maximum absolute atomic E-state index is 9.42. The molecule has 0 bridgehead atoms. The van der Waals surface area contributed by atoms with Gasteiger partial charge in [0.1, 0.15) is 11.5 Å². The lowest BCUT2D eigenvalue weighted by atomic mass is 10.1. The molecule has 0 saturated heterocycles. The summed E-state index contributed by atoms with van der Waals surface area (Å²) in [4.78, 5) is 0. The molecule has 0 spiro atoms. The Hall–Kier alpha value is -3.80. The lowest BCUT2D eigenvalue weighted by Gasteiger charge is -2.20. The quantitative estimate of drug-likeness (QED) is 0.660. The van der Waals surface area contributed by atoms with Crippen molar-refractivity contribution in [2.75, 3.05) is 0 Å². The van der Waals surface area contributed by atoms with Crippen molar-refractivity contribution in [2.45, 2.75) is 12.9 Å². The van der Waals surface area contributed by atoms with Crippen molar-refractivity contribution in [1.82, 2.24) is 0 Å². The SMILES string of the molecule is N#Cc1ccc(COC(Oc2ccc(O)cc2)c2ccc(C#N)cc2)cc1. The Balaban J connectivity index is 1.78. The Morgan fingerprint density at radius 2 is 1.33 bits per heavy atom. The molecule has 5 nitrogen and oxygen atoms in total. The van der Waals surface area contributed by atoms with Crippen molar-refractivity contribution in [1.29, 1.82) is 10.5 Å². The third-order valence-electron chi connectivity index (χ3n) is 3.88. The molecule has 0 fully saturated rings. The van der Waals surface area contributed by atoms with E-state index in [4.69, 9.17) is 20.0 Å². The highest BCUT2D eigenvalue weighted by molar-refractivity contribution is 5.34. The van der Waals surface area contributed by atoms with Gasteiger partial charge in [0.2, 0.25) is 6.29 Å². The van der Waals surface area contributed by atoms with Gasteiger partial charge >= 0.3 is 0 Å². The third-order valence-corrected chi connectivity index (χ3v) is 3.88. The van der Waals surface area contributed by atoms with Gasteiger partial charge in [-0.3, -0.25) is 0 Å². The minimum Gasteiger partial charge on any atom is -0.508 e. The fourth-order valence-electron chi connectivity index (χ4n) is 2.41. The largest absolute Gasteiger partial charge is 0.508 e. The molecule has 0 aliphatic heterocycles. The van der Waals surface area contributed by atoms with Gasteiger partial charge in [-0.2, -0.15) is 10.5 Å². The van der Waals surface area contributed by atoms with Crippen molar-refractivity contribution in [2.24, 2.45) is 0 Å². The second kappa shape index (κ2) is 8.53. The van der Waals surface area contributed by atoms with Gasteiger partial charge in [-0.1, -0.05) is 24.3 Å². The van der Waals surface area contributed by atoms with Crippen LogP contribution in [0.2, 0.25) is 0 Å². The van der Waals surface area contributed by atoms with Gasteiger partial charge in [0, 0.05) is 5.56 Å². The number of phenolic OH excluding ortho intramolecular Hbond substituents is 1. The van der Waals surface area contributed by atoms with Gasteiger partial charge < -0.3 is 14.6 Å². The van der Waals surface area contributed by atoms with Gasteiger partial charge in [0.05, 0.1) is 29.9 Å². The summed E-state index contributed by atoms with van der Waals surface area (Å²) in [6, 6.07) is 24.6. The van der Waals surface area contributed by atoms with E-state index in [0.29, 0.717) is 16.9 Å². The summed E-state index contributed by atoms with van der Waals surface area (Å²) >= 11 is 0. The van der Waals surface area contributed by atoms with E-state index < -0.39 is 6.29 Å². The maximum Gasteiger partial charge on any atom is 0.227 e. The van der Waals surface area contributed by atoms with Crippen molar-refractivity contribution >= 4 is 0 Å². The molecule has 3 rings (SSSR count). The van der Waals surface area contributed by atoms with Crippen molar-refractivity contribution in [3.05, 3.63) is 95.1 Å². The lowest BCUT2D eigenvalue weighted by Crippen LogP contribution is -2.12. The van der Waals surface area contributed by atoms with Gasteiger partial charge in [-0.15, -0.1) is 0 Å². The Kier molecular flexibility index (Phi) is 5.69. The highest BCUT2D eigenvalue weighted by atomic mass is 16.7. The van der Waals surface area contributed by atoms with E-state index in [2.05, 4.69) is 12.1 Å². The lowest BCUT2D eigenvalue weighted by molar-refractivity contribution is -0.0929. The fraction of sp³-hybridized carbons (Fsp3) is 0.0909. The van der Waals surface area contributed by atoms with E-state index in [0.717, 1.165) is 11.1 Å². The highest BCUT2D eigenvalue weighted by Crippen LogP contribution is 2.26. The molecule has 3 aromatic carbocycles. The van der Waals surface area contributed by atoms with Crippen LogP contribution in [0.5, 0.6) is 11.5 Å². The van der Waals surface area contributed by atoms with Crippen molar-refractivity contribution in [3.63, 3.8) is 0 Å². The summed E-state index contributed by atoms with van der Waals surface area (Å²) in [7, 11) is 0. The zero-order valence-corrected chi connectivity index (χ0v) is 14.4. The monoisotopic (exact) mass is 356 g/mol. The second-order valence-electron chi connectivity index (χ2n) is 5.80. The van der Waals surface area contributed by atoms with Crippen LogP contribution in [0.4, 0.5) is 0 Å². The number of phenols is 1. The van der Waals surface area contributed by atoms with Crippen LogP contribution in [0.15, 0.2) is 72.8 Å². The number of rotatable bonds is 6. The van der Waals surface area contributed by atoms with E-state index in [1.807, 2.05) is 12.1 Å². The summed E-state index contributed by atoms with van der Waals surface area (Å²) in [6.07, 6.45) is -0.696. The molecule has 0 heterocycles. The topological polar surface area (TPSA) is 86.3 Å². The van der Waals surface area contributed by atoms with Crippen LogP contribution < -0.4 is 4.74 Å². The van der Waals surface area contributed by atoms with Crippen LogP contribution in [-0.2, 0) is 11.3 Å². The van der Waals surface area contributed by atoms with E-state index in [-0.39, 0.29) is 12.4 Å². The number of hydrogen-bond acceptors (Lipinski definition) is 5. The van der Waals surface area contributed by atoms with Crippen molar-refractivity contribution < 1.29 is 14.6 Å². The Bertz CT molecular complexity index is 967. The number of benzene rings is 3. The summed E-state index contributed by atoms with van der Waals surface area (Å²) < 4.78 is 11.9. The van der Waals surface area contributed by atoms with E-state index in [9.17, 15) is 5.11 Å². The molecular formula is C22H16N2O3. The fourth-order valence-corrected chi connectivity index (χ4v) is 2.41. The summed E-state index contributed by atoms with van der Waals surface area (Å²) in [5.41, 5.74) is 2.80. The zero-order valence-electron chi connectivity index (χ0n) is 14.4. The average Bonchev–Trinajstić information content (AvgIpc) is 2.73. The Morgan fingerprint density at radius 3 is 1.89 bits per heavy atom. The maximum atomic E-state index is 9.42. The molecule has 1 unspecified atom stereocenters. The molecule has 0 radical (unpaired) electrons. The normalized spacial score (nSPS) is 11.2. The first kappa shape index (κ1) is 18.0. The molecule has 5 heteroatoms. The molecule has 3 aromatic rings. The first-order chi connectivity index (χ1) is 13.2. The number of aromatic hydroxyl groups is 1. The summed E-state index contributed by atoms with van der Waals surface area (Å²) in [5, 5.41) is 27.3.